The fraction of sp³-hybridized carbons (Fsp3) is 0.500. The third-order valence-corrected chi connectivity index (χ3v) is 2.18. The van der Waals surface area contributed by atoms with Crippen LogP contribution in [0.5, 0.6) is 5.75 Å². The van der Waals surface area contributed by atoms with Gasteiger partial charge in [-0.15, -0.1) is 0 Å². The summed E-state index contributed by atoms with van der Waals surface area (Å²) in [5.41, 5.74) is 1.29. The Kier molecular flexibility index (Phi) is 5.08. The molecule has 0 saturated heterocycles. The molecule has 1 N–H and O–H groups in total. The van der Waals surface area contributed by atoms with E-state index in [1.54, 1.807) is 0 Å². The number of hydrogen-bond donors (Lipinski definition) is 1. The van der Waals surface area contributed by atoms with E-state index in [0.717, 1.165) is 31.7 Å². The van der Waals surface area contributed by atoms with Gasteiger partial charge in [-0.05, 0) is 38.1 Å². The summed E-state index contributed by atoms with van der Waals surface area (Å²) in [6.07, 6.45) is 2.08. The van der Waals surface area contributed by atoms with Gasteiger partial charge >= 0.3 is 0 Å². The predicted octanol–water partition coefficient (Wildman–Crippen LogP) is 2.24. The van der Waals surface area contributed by atoms with Crippen LogP contribution in [0.4, 0.5) is 0 Å². The topological polar surface area (TPSA) is 21.3 Å². The molecule has 2 nitrogen and oxygen atoms in total. The van der Waals surface area contributed by atoms with Crippen molar-refractivity contribution < 1.29 is 4.74 Å². The summed E-state index contributed by atoms with van der Waals surface area (Å²) in [4.78, 5) is 0. The van der Waals surface area contributed by atoms with Crippen LogP contribution < -0.4 is 10.1 Å². The molecule has 0 spiro atoms. The summed E-state index contributed by atoms with van der Waals surface area (Å²) in [6.45, 7) is 3.95. The van der Waals surface area contributed by atoms with E-state index in [2.05, 4.69) is 24.4 Å². The Morgan fingerprint density at radius 1 is 1.29 bits per heavy atom. The summed E-state index contributed by atoms with van der Waals surface area (Å²) in [6, 6.07) is 8.23. The molecule has 0 bridgehead atoms. The molecule has 1 aromatic carbocycles. The van der Waals surface area contributed by atoms with Crippen molar-refractivity contribution in [3.8, 4) is 5.75 Å². The number of hydrogen-bond acceptors (Lipinski definition) is 2. The molecule has 0 fully saturated rings. The minimum Gasteiger partial charge on any atom is -0.493 e. The minimum absolute atomic E-state index is 0.790. The van der Waals surface area contributed by atoms with Crippen molar-refractivity contribution in [3.63, 3.8) is 0 Å². The van der Waals surface area contributed by atoms with Gasteiger partial charge in [0.25, 0.3) is 0 Å². The van der Waals surface area contributed by atoms with Gasteiger partial charge in [0.15, 0.2) is 0 Å². The zero-order valence-corrected chi connectivity index (χ0v) is 9.05. The average molecular weight is 193 g/mol. The van der Waals surface area contributed by atoms with Crippen molar-refractivity contribution in [1.82, 2.24) is 5.32 Å². The molecule has 0 unspecified atom stereocenters. The first-order valence-corrected chi connectivity index (χ1v) is 5.23. The quantitative estimate of drug-likeness (QED) is 0.700. The molecule has 0 aliphatic carbocycles. The van der Waals surface area contributed by atoms with Crippen LogP contribution in [0.1, 0.15) is 18.9 Å². The van der Waals surface area contributed by atoms with Gasteiger partial charge in [-0.1, -0.05) is 25.1 Å². The fourth-order valence-corrected chi connectivity index (χ4v) is 1.37. The van der Waals surface area contributed by atoms with Gasteiger partial charge in [-0.25, -0.2) is 0 Å². The average Bonchev–Trinajstić information content (AvgIpc) is 2.25. The van der Waals surface area contributed by atoms with Crippen molar-refractivity contribution in [1.29, 1.82) is 0 Å². The highest BCUT2D eigenvalue weighted by molar-refractivity contribution is 5.33. The lowest BCUT2D eigenvalue weighted by Gasteiger charge is -2.09. The van der Waals surface area contributed by atoms with Crippen LogP contribution in [0.3, 0.4) is 0 Å². The Bertz CT molecular complexity index is 260. The van der Waals surface area contributed by atoms with E-state index < -0.39 is 0 Å². The summed E-state index contributed by atoms with van der Waals surface area (Å²) in [5, 5.41) is 3.10. The number of benzene rings is 1. The number of rotatable bonds is 6. The first-order chi connectivity index (χ1) is 6.88. The lowest BCUT2D eigenvalue weighted by molar-refractivity contribution is 0.307. The molecular formula is C12H19NO. The zero-order valence-electron chi connectivity index (χ0n) is 9.05. The van der Waals surface area contributed by atoms with Crippen LogP contribution in [-0.4, -0.2) is 20.2 Å². The standard InChI is InChI=1S/C12H19NO/c1-3-11-7-4-5-8-12(11)14-10-6-9-13-2/h4-5,7-8,13H,3,6,9-10H2,1-2H3. The van der Waals surface area contributed by atoms with E-state index in [1.165, 1.54) is 5.56 Å². The molecule has 78 valence electrons. The SMILES string of the molecule is CCc1ccccc1OCCCNC. The normalized spacial score (nSPS) is 10.1. The molecule has 14 heavy (non-hydrogen) atoms. The van der Waals surface area contributed by atoms with Gasteiger partial charge in [0.2, 0.25) is 0 Å². The molecule has 0 aromatic heterocycles. The Labute approximate surface area is 86.3 Å². The highest BCUT2D eigenvalue weighted by Gasteiger charge is 1.99. The number of aryl methyl sites for hydroxylation is 1. The van der Waals surface area contributed by atoms with Crippen LogP contribution in [0, 0.1) is 0 Å². The highest BCUT2D eigenvalue weighted by Crippen LogP contribution is 2.18. The second-order valence-electron chi connectivity index (χ2n) is 3.27. The van der Waals surface area contributed by atoms with Gasteiger partial charge in [0.05, 0.1) is 6.61 Å². The third kappa shape index (κ3) is 3.38. The van der Waals surface area contributed by atoms with E-state index in [0.29, 0.717) is 0 Å². The van der Waals surface area contributed by atoms with Crippen molar-refractivity contribution >= 4 is 0 Å². The maximum absolute atomic E-state index is 5.69. The van der Waals surface area contributed by atoms with E-state index in [1.807, 2.05) is 19.2 Å². The summed E-state index contributed by atoms with van der Waals surface area (Å²) >= 11 is 0. The van der Waals surface area contributed by atoms with Gasteiger partial charge in [0, 0.05) is 0 Å². The minimum atomic E-state index is 0.790. The molecule has 0 radical (unpaired) electrons. The van der Waals surface area contributed by atoms with Gasteiger partial charge < -0.3 is 10.1 Å². The van der Waals surface area contributed by atoms with Gasteiger partial charge in [-0.3, -0.25) is 0 Å². The Morgan fingerprint density at radius 2 is 2.07 bits per heavy atom. The zero-order chi connectivity index (χ0) is 10.2. The number of para-hydroxylation sites is 1. The maximum atomic E-state index is 5.69. The molecule has 1 aromatic rings. The van der Waals surface area contributed by atoms with E-state index in [-0.39, 0.29) is 0 Å². The predicted molar refractivity (Wildman–Crippen MR) is 59.9 cm³/mol. The number of ether oxygens (including phenoxy) is 1. The molecule has 0 aliphatic rings. The highest BCUT2D eigenvalue weighted by atomic mass is 16.5. The van der Waals surface area contributed by atoms with E-state index >= 15 is 0 Å². The maximum Gasteiger partial charge on any atom is 0.122 e. The van der Waals surface area contributed by atoms with E-state index in [4.69, 9.17) is 4.74 Å². The van der Waals surface area contributed by atoms with Crippen LogP contribution in [0.25, 0.3) is 0 Å². The summed E-state index contributed by atoms with van der Waals surface area (Å²) in [5.74, 6) is 1.03. The second-order valence-corrected chi connectivity index (χ2v) is 3.27. The Morgan fingerprint density at radius 3 is 2.79 bits per heavy atom. The van der Waals surface area contributed by atoms with Crippen molar-refractivity contribution in [2.45, 2.75) is 19.8 Å². The van der Waals surface area contributed by atoms with Gasteiger partial charge in [0.1, 0.15) is 5.75 Å². The van der Waals surface area contributed by atoms with Gasteiger partial charge in [-0.2, -0.15) is 0 Å². The molecule has 2 heteroatoms. The first-order valence-electron chi connectivity index (χ1n) is 5.23. The van der Waals surface area contributed by atoms with Crippen molar-refractivity contribution in [3.05, 3.63) is 29.8 Å². The number of nitrogens with one attached hydrogen (secondary N) is 1. The smallest absolute Gasteiger partial charge is 0.122 e. The monoisotopic (exact) mass is 193 g/mol. The largest absolute Gasteiger partial charge is 0.493 e. The molecule has 0 heterocycles. The molecular weight excluding hydrogens is 174 g/mol. The Balaban J connectivity index is 2.41. The molecule has 0 atom stereocenters. The third-order valence-electron chi connectivity index (χ3n) is 2.18. The fourth-order valence-electron chi connectivity index (χ4n) is 1.37. The van der Waals surface area contributed by atoms with Crippen LogP contribution in [-0.2, 0) is 6.42 Å². The molecule has 0 aliphatic heterocycles. The Hall–Kier alpha value is -1.02. The second kappa shape index (κ2) is 6.44. The first kappa shape index (κ1) is 11.1. The van der Waals surface area contributed by atoms with Crippen LogP contribution in [0.15, 0.2) is 24.3 Å². The van der Waals surface area contributed by atoms with E-state index in [9.17, 15) is 0 Å². The molecule has 0 saturated carbocycles. The van der Waals surface area contributed by atoms with Crippen molar-refractivity contribution in [2.24, 2.45) is 0 Å². The lowest BCUT2D eigenvalue weighted by Crippen LogP contribution is -2.11. The summed E-state index contributed by atoms with van der Waals surface area (Å²) in [7, 11) is 1.96. The van der Waals surface area contributed by atoms with Crippen LogP contribution in [0.2, 0.25) is 0 Å². The molecule has 0 amide bonds. The molecule has 1 rings (SSSR count). The summed E-state index contributed by atoms with van der Waals surface area (Å²) < 4.78 is 5.69. The van der Waals surface area contributed by atoms with Crippen LogP contribution >= 0.6 is 0 Å². The lowest BCUT2D eigenvalue weighted by atomic mass is 10.1. The van der Waals surface area contributed by atoms with Crippen molar-refractivity contribution in [2.75, 3.05) is 20.2 Å².